The Kier molecular flexibility index (Phi) is 6.88. The van der Waals surface area contributed by atoms with E-state index in [0.717, 1.165) is 22.5 Å². The maximum Gasteiger partial charge on any atom is 0.259 e. The van der Waals surface area contributed by atoms with E-state index in [1.807, 2.05) is 67.7 Å². The third-order valence-corrected chi connectivity index (χ3v) is 4.96. The molecule has 2 N–H and O–H groups in total. The molecule has 7 nitrogen and oxygen atoms in total. The quantitative estimate of drug-likeness (QED) is 0.328. The number of aromatic nitrogens is 2. The van der Waals surface area contributed by atoms with Gasteiger partial charge in [-0.1, -0.05) is 42.0 Å². The molecule has 0 aliphatic rings. The molecule has 0 aliphatic heterocycles. The zero-order valence-corrected chi connectivity index (χ0v) is 18.4. The Morgan fingerprint density at radius 2 is 1.79 bits per heavy atom. The third-order valence-electron chi connectivity index (χ3n) is 4.96. The van der Waals surface area contributed by atoms with Crippen LogP contribution in [0.15, 0.2) is 90.2 Å². The van der Waals surface area contributed by atoms with Gasteiger partial charge >= 0.3 is 0 Å². The van der Waals surface area contributed by atoms with Crippen LogP contribution < -0.4 is 10.7 Å². The molecular weight excluding hydrogens is 433 g/mol. The molecule has 8 heteroatoms. The van der Waals surface area contributed by atoms with Crippen molar-refractivity contribution in [2.24, 2.45) is 5.10 Å². The Bertz CT molecular complexity index is 1330. The second kappa shape index (κ2) is 10.4. The van der Waals surface area contributed by atoms with Crippen molar-refractivity contribution in [2.45, 2.75) is 6.92 Å². The second-order valence-electron chi connectivity index (χ2n) is 7.57. The van der Waals surface area contributed by atoms with Crippen molar-refractivity contribution in [1.29, 1.82) is 0 Å². The third kappa shape index (κ3) is 5.60. The van der Waals surface area contributed by atoms with Crippen molar-refractivity contribution >= 4 is 18.0 Å². The summed E-state index contributed by atoms with van der Waals surface area (Å²) in [6.07, 6.45) is 3.35. The average molecular weight is 455 g/mol. The highest BCUT2D eigenvalue weighted by atomic mass is 19.1. The number of amides is 2. The number of carbonyl (C=O) groups is 2. The topological polar surface area (TPSA) is 88.4 Å². The molecule has 1 aromatic heterocycles. The lowest BCUT2D eigenvalue weighted by Gasteiger charge is -2.04. The van der Waals surface area contributed by atoms with Crippen LogP contribution in [0.5, 0.6) is 0 Å². The number of hydrogen-bond donors (Lipinski definition) is 2. The molecule has 0 saturated carbocycles. The minimum atomic E-state index is -0.501. The van der Waals surface area contributed by atoms with E-state index in [1.165, 1.54) is 30.5 Å². The van der Waals surface area contributed by atoms with Crippen molar-refractivity contribution in [3.63, 3.8) is 0 Å². The van der Waals surface area contributed by atoms with Gasteiger partial charge in [0.15, 0.2) is 0 Å². The predicted molar refractivity (Wildman–Crippen MR) is 128 cm³/mol. The number of nitrogens with zero attached hydrogens (tertiary/aromatic N) is 3. The van der Waals surface area contributed by atoms with Crippen LogP contribution in [-0.4, -0.2) is 34.4 Å². The number of halogens is 1. The van der Waals surface area contributed by atoms with Gasteiger partial charge in [0, 0.05) is 22.9 Å². The summed E-state index contributed by atoms with van der Waals surface area (Å²) in [5, 5.41) is 11.2. The molecule has 34 heavy (non-hydrogen) atoms. The number of aryl methyl sites for hydroxylation is 1. The van der Waals surface area contributed by atoms with E-state index < -0.39 is 17.6 Å². The number of nitrogens with one attached hydrogen (secondary N) is 2. The normalized spacial score (nSPS) is 10.9. The molecule has 0 aliphatic carbocycles. The number of hydrogen-bond acceptors (Lipinski definition) is 4. The number of benzene rings is 3. The van der Waals surface area contributed by atoms with Crippen molar-refractivity contribution in [2.75, 3.05) is 6.54 Å². The Labute approximate surface area is 195 Å². The Morgan fingerprint density at radius 1 is 1.03 bits per heavy atom. The molecule has 0 saturated heterocycles. The van der Waals surface area contributed by atoms with Gasteiger partial charge in [0.05, 0.1) is 18.4 Å². The first-order chi connectivity index (χ1) is 16.5. The molecule has 170 valence electrons. The van der Waals surface area contributed by atoms with Gasteiger partial charge in [-0.05, 0) is 49.4 Å². The van der Waals surface area contributed by atoms with E-state index in [2.05, 4.69) is 15.8 Å². The van der Waals surface area contributed by atoms with Crippen LogP contribution in [0.2, 0.25) is 0 Å². The fourth-order valence-electron chi connectivity index (χ4n) is 3.29. The van der Waals surface area contributed by atoms with Gasteiger partial charge in [0.1, 0.15) is 11.5 Å². The molecule has 1 heterocycles. The predicted octanol–water partition coefficient (Wildman–Crippen LogP) is 3.87. The van der Waals surface area contributed by atoms with Crippen LogP contribution in [0.4, 0.5) is 4.39 Å². The minimum absolute atomic E-state index is 0.258. The maximum absolute atomic E-state index is 13.0. The molecule has 4 rings (SSSR count). The van der Waals surface area contributed by atoms with Gasteiger partial charge in [-0.2, -0.15) is 10.2 Å². The van der Waals surface area contributed by atoms with Gasteiger partial charge in [-0.15, -0.1) is 0 Å². The first-order valence-corrected chi connectivity index (χ1v) is 10.6. The molecular formula is C26H22FN5O2. The monoisotopic (exact) mass is 455 g/mol. The van der Waals surface area contributed by atoms with Crippen LogP contribution in [0.25, 0.3) is 16.9 Å². The summed E-state index contributed by atoms with van der Waals surface area (Å²) < 4.78 is 14.7. The van der Waals surface area contributed by atoms with E-state index in [9.17, 15) is 14.0 Å². The van der Waals surface area contributed by atoms with E-state index in [1.54, 1.807) is 4.68 Å². The van der Waals surface area contributed by atoms with Crippen molar-refractivity contribution < 1.29 is 14.0 Å². The minimum Gasteiger partial charge on any atom is -0.343 e. The summed E-state index contributed by atoms with van der Waals surface area (Å²) >= 11 is 0. The van der Waals surface area contributed by atoms with E-state index in [0.29, 0.717) is 5.56 Å². The lowest BCUT2D eigenvalue weighted by Crippen LogP contribution is -2.34. The van der Waals surface area contributed by atoms with Crippen LogP contribution in [0.3, 0.4) is 0 Å². The molecule has 2 amide bonds. The molecule has 0 spiro atoms. The Morgan fingerprint density at radius 3 is 2.53 bits per heavy atom. The first kappa shape index (κ1) is 22.6. The lowest BCUT2D eigenvalue weighted by molar-refractivity contribution is -0.120. The van der Waals surface area contributed by atoms with E-state index >= 15 is 0 Å². The Balaban J connectivity index is 1.46. The molecule has 4 aromatic rings. The standard InChI is InChI=1S/C26H22FN5O2/c1-18-6-5-7-20(14-18)25-21(17-32(31-25)23-8-3-2-4-9-23)15-29-30-24(33)16-28-26(34)19-10-12-22(27)13-11-19/h2-15,17H,16H2,1H3,(H,28,34)(H,30,33)/b29-15+. The second-order valence-corrected chi connectivity index (χ2v) is 7.57. The number of carbonyl (C=O) groups excluding carboxylic acids is 2. The molecule has 0 atom stereocenters. The number of hydrazone groups is 1. The smallest absolute Gasteiger partial charge is 0.259 e. The molecule has 0 fully saturated rings. The average Bonchev–Trinajstić information content (AvgIpc) is 3.28. The lowest BCUT2D eigenvalue weighted by atomic mass is 10.1. The van der Waals surface area contributed by atoms with Crippen molar-refractivity contribution in [3.05, 3.63) is 108 Å². The first-order valence-electron chi connectivity index (χ1n) is 10.6. The zero-order chi connectivity index (χ0) is 23.9. The van der Waals surface area contributed by atoms with Crippen LogP contribution in [-0.2, 0) is 4.79 Å². The molecule has 0 unspecified atom stereocenters. The molecule has 0 radical (unpaired) electrons. The highest BCUT2D eigenvalue weighted by Crippen LogP contribution is 2.23. The van der Waals surface area contributed by atoms with E-state index in [4.69, 9.17) is 5.10 Å². The zero-order valence-electron chi connectivity index (χ0n) is 18.4. The van der Waals surface area contributed by atoms with E-state index in [-0.39, 0.29) is 12.1 Å². The summed E-state index contributed by atoms with van der Waals surface area (Å²) in [5.74, 6) is -1.42. The van der Waals surface area contributed by atoms with Crippen LogP contribution in [0, 0.1) is 12.7 Å². The SMILES string of the molecule is Cc1cccc(-c2nn(-c3ccccc3)cc2/C=N/NC(=O)CNC(=O)c2ccc(F)cc2)c1. The van der Waals surface area contributed by atoms with Gasteiger partial charge < -0.3 is 5.32 Å². The Hall–Kier alpha value is -4.59. The molecule has 0 bridgehead atoms. The highest BCUT2D eigenvalue weighted by Gasteiger charge is 2.12. The van der Waals surface area contributed by atoms with Gasteiger partial charge in [0.2, 0.25) is 0 Å². The van der Waals surface area contributed by atoms with Crippen molar-refractivity contribution in [3.8, 4) is 16.9 Å². The summed E-state index contributed by atoms with van der Waals surface area (Å²) in [7, 11) is 0. The van der Waals surface area contributed by atoms with Crippen LogP contribution in [0.1, 0.15) is 21.5 Å². The number of para-hydroxylation sites is 1. The summed E-state index contributed by atoms with van der Waals surface area (Å²) in [4.78, 5) is 24.2. The summed E-state index contributed by atoms with van der Waals surface area (Å²) in [6, 6.07) is 22.7. The maximum atomic E-state index is 13.0. The molecule has 3 aromatic carbocycles. The summed E-state index contributed by atoms with van der Waals surface area (Å²) in [5.41, 5.74) is 7.01. The van der Waals surface area contributed by atoms with Gasteiger partial charge in [-0.3, -0.25) is 9.59 Å². The van der Waals surface area contributed by atoms with Crippen molar-refractivity contribution in [1.82, 2.24) is 20.5 Å². The highest BCUT2D eigenvalue weighted by molar-refractivity contribution is 5.96. The summed E-state index contributed by atoms with van der Waals surface area (Å²) in [6.45, 7) is 1.73. The fraction of sp³-hybridized carbons (Fsp3) is 0.0769. The van der Waals surface area contributed by atoms with Gasteiger partial charge in [-0.25, -0.2) is 14.5 Å². The number of rotatable bonds is 7. The van der Waals surface area contributed by atoms with Gasteiger partial charge in [0.25, 0.3) is 11.8 Å². The largest absolute Gasteiger partial charge is 0.343 e. The fourth-order valence-corrected chi connectivity index (χ4v) is 3.29. The van der Waals surface area contributed by atoms with Crippen LogP contribution >= 0.6 is 0 Å².